The second kappa shape index (κ2) is 6.25. The second-order valence-corrected chi connectivity index (χ2v) is 4.78. The highest BCUT2D eigenvalue weighted by Crippen LogP contribution is 2.15. The normalized spacial score (nSPS) is 11.3. The summed E-state index contributed by atoms with van der Waals surface area (Å²) in [6.45, 7) is 3.63. The average Bonchev–Trinajstić information content (AvgIpc) is 2.36. The Morgan fingerprint density at radius 1 is 1.44 bits per heavy atom. The topological polar surface area (TPSA) is 62.0 Å². The molecule has 0 aliphatic carbocycles. The summed E-state index contributed by atoms with van der Waals surface area (Å²) in [5, 5.41) is 2.73. The van der Waals surface area contributed by atoms with Crippen LogP contribution in [0.5, 0.6) is 0 Å². The van der Waals surface area contributed by atoms with Gasteiger partial charge in [-0.25, -0.2) is 0 Å². The van der Waals surface area contributed by atoms with Crippen LogP contribution >= 0.6 is 23.2 Å². The van der Waals surface area contributed by atoms with Crippen molar-refractivity contribution in [3.05, 3.63) is 33.7 Å². The standard InChI is InChI=1S/C12H16Cl2N2O2/c1-3-12(6-13,7-14)16-11(18)9-5-15-8(2)4-10(9)17/h4-5H,3,6-7H2,1-2H3,(H,15,17)(H,16,18). The van der Waals surface area contributed by atoms with Crippen LogP contribution in [0.25, 0.3) is 0 Å². The van der Waals surface area contributed by atoms with Crippen LogP contribution in [0, 0.1) is 6.92 Å². The van der Waals surface area contributed by atoms with Gasteiger partial charge in [0.1, 0.15) is 5.56 Å². The van der Waals surface area contributed by atoms with Crippen LogP contribution in [-0.2, 0) is 0 Å². The van der Waals surface area contributed by atoms with Crippen LogP contribution in [0.1, 0.15) is 29.4 Å². The number of aromatic nitrogens is 1. The van der Waals surface area contributed by atoms with E-state index in [1.165, 1.54) is 12.3 Å². The summed E-state index contributed by atoms with van der Waals surface area (Å²) in [5.41, 5.74) is -0.239. The Labute approximate surface area is 116 Å². The molecule has 0 radical (unpaired) electrons. The molecule has 0 unspecified atom stereocenters. The summed E-state index contributed by atoms with van der Waals surface area (Å²) in [5.74, 6) is -0.0650. The molecule has 0 bridgehead atoms. The van der Waals surface area contributed by atoms with Gasteiger partial charge >= 0.3 is 0 Å². The third-order valence-electron chi connectivity index (χ3n) is 2.87. The van der Waals surface area contributed by atoms with Crippen molar-refractivity contribution in [3.8, 4) is 0 Å². The molecule has 0 spiro atoms. The van der Waals surface area contributed by atoms with Gasteiger partial charge in [-0.3, -0.25) is 9.59 Å². The number of pyridine rings is 1. The Kier molecular flexibility index (Phi) is 5.23. The number of H-pyrrole nitrogens is 1. The first-order chi connectivity index (χ1) is 8.48. The van der Waals surface area contributed by atoms with E-state index in [-0.39, 0.29) is 22.8 Å². The molecule has 1 aromatic rings. The van der Waals surface area contributed by atoms with E-state index in [4.69, 9.17) is 23.2 Å². The average molecular weight is 291 g/mol. The molecule has 2 N–H and O–H groups in total. The van der Waals surface area contributed by atoms with E-state index < -0.39 is 11.4 Å². The molecule has 0 aromatic carbocycles. The van der Waals surface area contributed by atoms with Gasteiger partial charge in [0.25, 0.3) is 5.91 Å². The number of carbonyl (C=O) groups is 1. The van der Waals surface area contributed by atoms with Crippen molar-refractivity contribution in [2.24, 2.45) is 0 Å². The van der Waals surface area contributed by atoms with Gasteiger partial charge in [-0.15, -0.1) is 23.2 Å². The highest BCUT2D eigenvalue weighted by molar-refractivity contribution is 6.22. The number of carbonyl (C=O) groups excluding carboxylic acids is 1. The number of nitrogens with one attached hydrogen (secondary N) is 2. The highest BCUT2D eigenvalue weighted by Gasteiger charge is 2.29. The van der Waals surface area contributed by atoms with Gasteiger partial charge in [-0.05, 0) is 13.3 Å². The molecule has 18 heavy (non-hydrogen) atoms. The molecular formula is C12H16Cl2N2O2. The van der Waals surface area contributed by atoms with Crippen molar-refractivity contribution >= 4 is 29.1 Å². The van der Waals surface area contributed by atoms with E-state index in [9.17, 15) is 9.59 Å². The second-order valence-electron chi connectivity index (χ2n) is 4.25. The summed E-state index contributed by atoms with van der Waals surface area (Å²) in [4.78, 5) is 26.5. The van der Waals surface area contributed by atoms with E-state index in [2.05, 4.69) is 10.3 Å². The summed E-state index contributed by atoms with van der Waals surface area (Å²) in [7, 11) is 0. The van der Waals surface area contributed by atoms with Crippen LogP contribution in [0.15, 0.2) is 17.1 Å². The summed E-state index contributed by atoms with van der Waals surface area (Å²) >= 11 is 11.7. The maximum atomic E-state index is 12.0. The van der Waals surface area contributed by atoms with Crippen LogP contribution in [0.2, 0.25) is 0 Å². The zero-order valence-corrected chi connectivity index (χ0v) is 11.9. The minimum Gasteiger partial charge on any atom is -0.364 e. The minimum atomic E-state index is -0.683. The third kappa shape index (κ3) is 3.27. The number of hydrogen-bond donors (Lipinski definition) is 2. The number of aromatic amines is 1. The molecule has 1 aromatic heterocycles. The predicted octanol–water partition coefficient (Wildman–Crippen LogP) is 2.04. The smallest absolute Gasteiger partial charge is 0.257 e. The molecule has 0 saturated carbocycles. The molecule has 1 rings (SSSR count). The number of halogens is 2. The molecule has 100 valence electrons. The van der Waals surface area contributed by atoms with Gasteiger partial charge in [-0.1, -0.05) is 6.92 Å². The van der Waals surface area contributed by atoms with Gasteiger partial charge in [0.2, 0.25) is 0 Å². The van der Waals surface area contributed by atoms with E-state index in [1.807, 2.05) is 6.92 Å². The Balaban J connectivity index is 2.98. The van der Waals surface area contributed by atoms with Gasteiger partial charge < -0.3 is 10.3 Å². The number of rotatable bonds is 5. The molecule has 0 aliphatic rings. The van der Waals surface area contributed by atoms with Crippen molar-refractivity contribution in [3.63, 3.8) is 0 Å². The fourth-order valence-corrected chi connectivity index (χ4v) is 2.24. The SMILES string of the molecule is CCC(CCl)(CCl)NC(=O)c1c[nH]c(C)cc1=O. The maximum absolute atomic E-state index is 12.0. The first-order valence-corrected chi connectivity index (χ1v) is 6.68. The zero-order chi connectivity index (χ0) is 13.8. The Hall–Kier alpha value is -1.00. The fourth-order valence-electron chi connectivity index (χ4n) is 1.44. The van der Waals surface area contributed by atoms with Gasteiger partial charge in [-0.2, -0.15) is 0 Å². The molecule has 0 aliphatic heterocycles. The van der Waals surface area contributed by atoms with E-state index >= 15 is 0 Å². The summed E-state index contributed by atoms with van der Waals surface area (Å²) in [6, 6.07) is 1.38. The zero-order valence-electron chi connectivity index (χ0n) is 10.3. The van der Waals surface area contributed by atoms with Crippen LogP contribution in [-0.4, -0.2) is 28.2 Å². The van der Waals surface area contributed by atoms with Gasteiger partial charge in [0.15, 0.2) is 5.43 Å². The van der Waals surface area contributed by atoms with Crippen molar-refractivity contribution in [1.82, 2.24) is 10.3 Å². The fraction of sp³-hybridized carbons (Fsp3) is 0.500. The first-order valence-electron chi connectivity index (χ1n) is 5.62. The van der Waals surface area contributed by atoms with Crippen molar-refractivity contribution in [2.75, 3.05) is 11.8 Å². The quantitative estimate of drug-likeness (QED) is 0.815. The van der Waals surface area contributed by atoms with E-state index in [0.717, 1.165) is 0 Å². The lowest BCUT2D eigenvalue weighted by Crippen LogP contribution is -2.52. The van der Waals surface area contributed by atoms with E-state index in [0.29, 0.717) is 12.1 Å². The lowest BCUT2D eigenvalue weighted by molar-refractivity contribution is 0.0912. The van der Waals surface area contributed by atoms with Crippen molar-refractivity contribution < 1.29 is 4.79 Å². The van der Waals surface area contributed by atoms with Crippen LogP contribution < -0.4 is 10.7 Å². The molecule has 0 saturated heterocycles. The van der Waals surface area contributed by atoms with Crippen molar-refractivity contribution in [1.29, 1.82) is 0 Å². The van der Waals surface area contributed by atoms with E-state index in [1.54, 1.807) is 6.92 Å². The molecule has 4 nitrogen and oxygen atoms in total. The number of hydrogen-bond acceptors (Lipinski definition) is 2. The maximum Gasteiger partial charge on any atom is 0.257 e. The molecule has 1 heterocycles. The highest BCUT2D eigenvalue weighted by atomic mass is 35.5. The summed E-state index contributed by atoms with van der Waals surface area (Å²) < 4.78 is 0. The molecule has 0 fully saturated rings. The number of aryl methyl sites for hydroxylation is 1. The third-order valence-corrected chi connectivity index (χ3v) is 3.89. The van der Waals surface area contributed by atoms with Crippen molar-refractivity contribution in [2.45, 2.75) is 25.8 Å². The Morgan fingerprint density at radius 3 is 2.50 bits per heavy atom. The predicted molar refractivity (Wildman–Crippen MR) is 73.7 cm³/mol. The molecular weight excluding hydrogens is 275 g/mol. The largest absolute Gasteiger partial charge is 0.364 e. The summed E-state index contributed by atoms with van der Waals surface area (Å²) in [6.07, 6.45) is 1.99. The number of amides is 1. The van der Waals surface area contributed by atoms with Gasteiger partial charge in [0, 0.05) is 29.7 Å². The molecule has 0 atom stereocenters. The van der Waals surface area contributed by atoms with Crippen LogP contribution in [0.3, 0.4) is 0 Å². The molecule has 1 amide bonds. The Morgan fingerprint density at radius 2 is 2.06 bits per heavy atom. The lowest BCUT2D eigenvalue weighted by atomic mass is 10.0. The Bertz CT molecular complexity index is 473. The number of alkyl halides is 2. The van der Waals surface area contributed by atoms with Crippen LogP contribution in [0.4, 0.5) is 0 Å². The van der Waals surface area contributed by atoms with Gasteiger partial charge in [0.05, 0.1) is 5.54 Å². The minimum absolute atomic E-state index is 0.0636. The lowest BCUT2D eigenvalue weighted by Gasteiger charge is -2.29. The molecule has 6 heteroatoms. The monoisotopic (exact) mass is 290 g/mol. The first kappa shape index (κ1) is 15.1.